The molecule has 0 atom stereocenters. The van der Waals surface area contributed by atoms with E-state index in [1.807, 2.05) is 18.2 Å². The molecular formula is C17H16Cl2N2O3S. The van der Waals surface area contributed by atoms with Crippen LogP contribution in [-0.2, 0) is 9.47 Å². The van der Waals surface area contributed by atoms with Crippen molar-refractivity contribution in [2.75, 3.05) is 38.3 Å². The van der Waals surface area contributed by atoms with Gasteiger partial charge in [0, 0.05) is 34.2 Å². The van der Waals surface area contributed by atoms with Gasteiger partial charge in [0.25, 0.3) is 0 Å². The van der Waals surface area contributed by atoms with Crippen LogP contribution in [0.3, 0.4) is 0 Å². The standard InChI is InChI=1S/C17H16Cl2N2O3S/c1-23-17(22)14-10-20-16(9-15(14)21-2-4-24-5-3-21)25-13-7-11(18)6-12(19)8-13/h6-10H,2-5H2,1H3. The van der Waals surface area contributed by atoms with E-state index in [1.54, 1.807) is 12.3 Å². The largest absolute Gasteiger partial charge is 0.465 e. The van der Waals surface area contributed by atoms with Crippen molar-refractivity contribution < 1.29 is 14.3 Å². The molecule has 0 radical (unpaired) electrons. The van der Waals surface area contributed by atoms with Gasteiger partial charge in [-0.1, -0.05) is 35.0 Å². The van der Waals surface area contributed by atoms with Crippen molar-refractivity contribution in [3.63, 3.8) is 0 Å². The molecule has 3 rings (SSSR count). The predicted octanol–water partition coefficient (Wildman–Crippen LogP) is 4.16. The molecule has 0 spiro atoms. The number of benzene rings is 1. The van der Waals surface area contributed by atoms with Gasteiger partial charge >= 0.3 is 5.97 Å². The average Bonchev–Trinajstić information content (AvgIpc) is 2.61. The van der Waals surface area contributed by atoms with Crippen LogP contribution in [0.15, 0.2) is 40.4 Å². The van der Waals surface area contributed by atoms with Crippen LogP contribution < -0.4 is 4.90 Å². The van der Waals surface area contributed by atoms with Gasteiger partial charge in [-0.2, -0.15) is 0 Å². The minimum absolute atomic E-state index is 0.406. The Hall–Kier alpha value is -1.47. The van der Waals surface area contributed by atoms with E-state index >= 15 is 0 Å². The molecule has 0 amide bonds. The number of ether oxygens (including phenoxy) is 2. The minimum atomic E-state index is -0.406. The van der Waals surface area contributed by atoms with Crippen LogP contribution in [0.5, 0.6) is 0 Å². The van der Waals surface area contributed by atoms with Crippen molar-refractivity contribution in [1.82, 2.24) is 4.98 Å². The van der Waals surface area contributed by atoms with Crippen molar-refractivity contribution in [2.24, 2.45) is 0 Å². The van der Waals surface area contributed by atoms with Crippen LogP contribution in [0.4, 0.5) is 5.69 Å². The number of carbonyl (C=O) groups excluding carboxylic acids is 1. The Kier molecular flexibility index (Phi) is 6.06. The Balaban J connectivity index is 1.93. The highest BCUT2D eigenvalue weighted by atomic mass is 35.5. The average molecular weight is 399 g/mol. The summed E-state index contributed by atoms with van der Waals surface area (Å²) in [5.74, 6) is -0.406. The molecule has 0 bridgehead atoms. The molecule has 1 aliphatic rings. The Morgan fingerprint density at radius 3 is 2.52 bits per heavy atom. The van der Waals surface area contributed by atoms with Gasteiger partial charge in [0.05, 0.1) is 26.0 Å². The molecule has 0 unspecified atom stereocenters. The normalized spacial score (nSPS) is 14.4. The lowest BCUT2D eigenvalue weighted by atomic mass is 10.2. The van der Waals surface area contributed by atoms with Crippen LogP contribution >= 0.6 is 35.0 Å². The molecule has 132 valence electrons. The van der Waals surface area contributed by atoms with Gasteiger partial charge < -0.3 is 14.4 Å². The highest BCUT2D eigenvalue weighted by Crippen LogP contribution is 2.34. The summed E-state index contributed by atoms with van der Waals surface area (Å²) in [4.78, 5) is 19.4. The van der Waals surface area contributed by atoms with E-state index in [-0.39, 0.29) is 0 Å². The SMILES string of the molecule is COC(=O)c1cnc(Sc2cc(Cl)cc(Cl)c2)cc1N1CCOCC1. The van der Waals surface area contributed by atoms with E-state index in [0.29, 0.717) is 41.9 Å². The zero-order valence-electron chi connectivity index (χ0n) is 13.5. The molecule has 1 saturated heterocycles. The molecule has 0 aliphatic carbocycles. The summed E-state index contributed by atoms with van der Waals surface area (Å²) in [6.45, 7) is 2.66. The van der Waals surface area contributed by atoms with E-state index in [2.05, 4.69) is 9.88 Å². The van der Waals surface area contributed by atoms with Gasteiger partial charge in [-0.05, 0) is 24.3 Å². The fourth-order valence-corrected chi connectivity index (χ4v) is 4.07. The summed E-state index contributed by atoms with van der Waals surface area (Å²) >= 11 is 13.5. The smallest absolute Gasteiger partial charge is 0.341 e. The van der Waals surface area contributed by atoms with Gasteiger partial charge in [-0.15, -0.1) is 0 Å². The number of halogens is 2. The first-order valence-corrected chi connectivity index (χ1v) is 9.19. The zero-order chi connectivity index (χ0) is 17.8. The molecule has 1 aromatic heterocycles. The number of anilines is 1. The minimum Gasteiger partial charge on any atom is -0.465 e. The first kappa shape index (κ1) is 18.3. The Morgan fingerprint density at radius 2 is 1.88 bits per heavy atom. The highest BCUT2D eigenvalue weighted by Gasteiger charge is 2.21. The number of aromatic nitrogens is 1. The Bertz CT molecular complexity index is 762. The Morgan fingerprint density at radius 1 is 1.20 bits per heavy atom. The summed E-state index contributed by atoms with van der Waals surface area (Å²) in [6.07, 6.45) is 1.55. The zero-order valence-corrected chi connectivity index (χ0v) is 15.8. The monoisotopic (exact) mass is 398 g/mol. The molecule has 25 heavy (non-hydrogen) atoms. The van der Waals surface area contributed by atoms with Crippen molar-refractivity contribution >= 4 is 46.6 Å². The van der Waals surface area contributed by atoms with Crippen LogP contribution in [0.25, 0.3) is 0 Å². The number of methoxy groups -OCH3 is 1. The van der Waals surface area contributed by atoms with Crippen LogP contribution in [0.1, 0.15) is 10.4 Å². The van der Waals surface area contributed by atoms with Crippen molar-refractivity contribution in [1.29, 1.82) is 0 Å². The van der Waals surface area contributed by atoms with Gasteiger partial charge in [-0.3, -0.25) is 0 Å². The number of nitrogens with zero attached hydrogens (tertiary/aromatic N) is 2. The van der Waals surface area contributed by atoms with Gasteiger partial charge in [-0.25, -0.2) is 9.78 Å². The van der Waals surface area contributed by atoms with Crippen LogP contribution in [-0.4, -0.2) is 44.4 Å². The first-order chi connectivity index (χ1) is 12.1. The second-order valence-corrected chi connectivity index (χ2v) is 7.30. The van der Waals surface area contributed by atoms with E-state index in [4.69, 9.17) is 32.7 Å². The molecule has 1 aromatic carbocycles. The van der Waals surface area contributed by atoms with Gasteiger partial charge in [0.1, 0.15) is 10.6 Å². The maximum absolute atomic E-state index is 12.1. The number of pyridine rings is 1. The third-order valence-electron chi connectivity index (χ3n) is 3.67. The quantitative estimate of drug-likeness (QED) is 0.720. The number of esters is 1. The van der Waals surface area contributed by atoms with Crippen LogP contribution in [0.2, 0.25) is 10.0 Å². The second kappa shape index (κ2) is 8.27. The summed E-state index contributed by atoms with van der Waals surface area (Å²) < 4.78 is 10.3. The summed E-state index contributed by atoms with van der Waals surface area (Å²) in [7, 11) is 1.36. The summed E-state index contributed by atoms with van der Waals surface area (Å²) in [5, 5.41) is 1.87. The lowest BCUT2D eigenvalue weighted by Gasteiger charge is -2.30. The number of hydrogen-bond donors (Lipinski definition) is 0. The molecule has 8 heteroatoms. The van der Waals surface area contributed by atoms with Gasteiger partial charge in [0.15, 0.2) is 0 Å². The lowest BCUT2D eigenvalue weighted by Crippen LogP contribution is -2.37. The number of carbonyl (C=O) groups is 1. The van der Waals surface area contributed by atoms with Gasteiger partial charge in [0.2, 0.25) is 0 Å². The molecule has 2 heterocycles. The fourth-order valence-electron chi connectivity index (χ4n) is 2.52. The van der Waals surface area contributed by atoms with E-state index in [1.165, 1.54) is 18.9 Å². The lowest BCUT2D eigenvalue weighted by molar-refractivity contribution is 0.0599. The molecule has 5 nitrogen and oxygen atoms in total. The fraction of sp³-hybridized carbons (Fsp3) is 0.294. The summed E-state index contributed by atoms with van der Waals surface area (Å²) in [5.41, 5.74) is 1.23. The number of hydrogen-bond acceptors (Lipinski definition) is 6. The second-order valence-electron chi connectivity index (χ2n) is 5.34. The third-order valence-corrected chi connectivity index (χ3v) is 5.01. The third kappa shape index (κ3) is 4.58. The molecule has 1 aliphatic heterocycles. The summed E-state index contributed by atoms with van der Waals surface area (Å²) in [6, 6.07) is 7.21. The van der Waals surface area contributed by atoms with Crippen molar-refractivity contribution in [3.8, 4) is 0 Å². The first-order valence-electron chi connectivity index (χ1n) is 7.62. The molecular weight excluding hydrogens is 383 g/mol. The number of rotatable bonds is 4. The molecule has 0 saturated carbocycles. The molecule has 1 fully saturated rings. The van der Waals surface area contributed by atoms with Crippen molar-refractivity contribution in [2.45, 2.75) is 9.92 Å². The molecule has 2 aromatic rings. The Labute approximate surface area is 160 Å². The maximum atomic E-state index is 12.1. The number of morpholine rings is 1. The predicted molar refractivity (Wildman–Crippen MR) is 99.2 cm³/mol. The maximum Gasteiger partial charge on any atom is 0.341 e. The highest BCUT2D eigenvalue weighted by molar-refractivity contribution is 7.99. The topological polar surface area (TPSA) is 51.7 Å². The van der Waals surface area contributed by atoms with Crippen molar-refractivity contribution in [3.05, 3.63) is 46.1 Å². The van der Waals surface area contributed by atoms with E-state index in [0.717, 1.165) is 15.6 Å². The molecule has 0 N–H and O–H groups in total. The van der Waals surface area contributed by atoms with Crippen LogP contribution in [0, 0.1) is 0 Å². The van der Waals surface area contributed by atoms with E-state index < -0.39 is 5.97 Å². The van der Waals surface area contributed by atoms with E-state index in [9.17, 15) is 4.79 Å².